The smallest absolute Gasteiger partial charge is 0.116 e. The molecule has 0 bridgehead atoms. The van der Waals surface area contributed by atoms with E-state index < -0.39 is 0 Å². The van der Waals surface area contributed by atoms with Crippen LogP contribution in [0, 0.1) is 13.8 Å². The number of aromatic nitrogens is 1. The number of hydrogen-bond acceptors (Lipinski definition) is 3. The number of nitrogens with zero attached hydrogens (tertiary/aromatic N) is 1. The molecule has 3 heteroatoms. The van der Waals surface area contributed by atoms with E-state index >= 15 is 0 Å². The molecular formula is C9H14N2S. The van der Waals surface area contributed by atoms with Gasteiger partial charge in [-0.05, 0) is 26.8 Å². The fourth-order valence-electron chi connectivity index (χ4n) is 0.829. The van der Waals surface area contributed by atoms with Gasteiger partial charge in [-0.25, -0.2) is 4.98 Å². The SMILES string of the molecule is CC(=Cc1nc(C)c(C)s1)CN. The predicted molar refractivity (Wildman–Crippen MR) is 54.3 cm³/mol. The minimum absolute atomic E-state index is 0.609. The van der Waals surface area contributed by atoms with Crippen molar-refractivity contribution in [3.8, 4) is 0 Å². The van der Waals surface area contributed by atoms with Crippen LogP contribution in [0.2, 0.25) is 0 Å². The highest BCUT2D eigenvalue weighted by Gasteiger charge is 2.00. The first kappa shape index (κ1) is 9.42. The van der Waals surface area contributed by atoms with Gasteiger partial charge in [0.1, 0.15) is 5.01 Å². The van der Waals surface area contributed by atoms with Gasteiger partial charge in [0.2, 0.25) is 0 Å². The lowest BCUT2D eigenvalue weighted by molar-refractivity contribution is 1.15. The van der Waals surface area contributed by atoms with Gasteiger partial charge < -0.3 is 5.73 Å². The summed E-state index contributed by atoms with van der Waals surface area (Å²) in [5, 5.41) is 1.06. The largest absolute Gasteiger partial charge is 0.327 e. The van der Waals surface area contributed by atoms with Gasteiger partial charge in [0.25, 0.3) is 0 Å². The van der Waals surface area contributed by atoms with Crippen LogP contribution in [0.5, 0.6) is 0 Å². The van der Waals surface area contributed by atoms with Crippen molar-refractivity contribution in [2.45, 2.75) is 20.8 Å². The molecule has 0 atom stereocenters. The highest BCUT2D eigenvalue weighted by Crippen LogP contribution is 2.18. The Morgan fingerprint density at radius 3 is 2.67 bits per heavy atom. The second-order valence-electron chi connectivity index (χ2n) is 2.89. The molecule has 0 aliphatic carbocycles. The summed E-state index contributed by atoms with van der Waals surface area (Å²) in [5.41, 5.74) is 7.76. The summed E-state index contributed by atoms with van der Waals surface area (Å²) in [6.07, 6.45) is 2.05. The molecule has 1 aromatic heterocycles. The maximum Gasteiger partial charge on any atom is 0.116 e. The summed E-state index contributed by atoms with van der Waals surface area (Å²) in [5.74, 6) is 0. The van der Waals surface area contributed by atoms with E-state index in [1.54, 1.807) is 11.3 Å². The van der Waals surface area contributed by atoms with Crippen molar-refractivity contribution < 1.29 is 0 Å². The molecule has 2 nitrogen and oxygen atoms in total. The summed E-state index contributed by atoms with van der Waals surface area (Å²) in [4.78, 5) is 5.67. The number of nitrogens with two attached hydrogens (primary N) is 1. The highest BCUT2D eigenvalue weighted by atomic mass is 32.1. The van der Waals surface area contributed by atoms with Crippen LogP contribution in [0.25, 0.3) is 6.08 Å². The number of aryl methyl sites for hydroxylation is 2. The van der Waals surface area contributed by atoms with Crippen molar-refractivity contribution >= 4 is 17.4 Å². The van der Waals surface area contributed by atoms with E-state index in [-0.39, 0.29) is 0 Å². The average Bonchev–Trinajstić information content (AvgIpc) is 2.31. The van der Waals surface area contributed by atoms with Gasteiger partial charge in [-0.1, -0.05) is 5.57 Å². The van der Waals surface area contributed by atoms with E-state index in [2.05, 4.69) is 11.9 Å². The van der Waals surface area contributed by atoms with Crippen molar-refractivity contribution in [1.82, 2.24) is 4.98 Å². The van der Waals surface area contributed by atoms with Crippen LogP contribution in [0.15, 0.2) is 5.57 Å². The van der Waals surface area contributed by atoms with Crippen molar-refractivity contribution in [2.24, 2.45) is 5.73 Å². The Hall–Kier alpha value is -0.670. The van der Waals surface area contributed by atoms with Crippen LogP contribution >= 0.6 is 11.3 Å². The number of hydrogen-bond donors (Lipinski definition) is 1. The van der Waals surface area contributed by atoms with E-state index in [9.17, 15) is 0 Å². The third-order valence-electron chi connectivity index (χ3n) is 1.74. The molecule has 1 heterocycles. The van der Waals surface area contributed by atoms with Gasteiger partial charge in [-0.3, -0.25) is 0 Å². The molecule has 0 saturated heterocycles. The number of thiazole rings is 1. The fourth-order valence-corrected chi connectivity index (χ4v) is 1.78. The third kappa shape index (κ3) is 2.16. The van der Waals surface area contributed by atoms with Gasteiger partial charge in [0.05, 0.1) is 5.69 Å². The van der Waals surface area contributed by atoms with E-state index in [4.69, 9.17) is 5.73 Å². The summed E-state index contributed by atoms with van der Waals surface area (Å²) in [6.45, 7) is 6.74. The summed E-state index contributed by atoms with van der Waals surface area (Å²) >= 11 is 1.72. The second-order valence-corrected chi connectivity index (χ2v) is 4.12. The van der Waals surface area contributed by atoms with Gasteiger partial charge in [-0.2, -0.15) is 0 Å². The van der Waals surface area contributed by atoms with Crippen LogP contribution in [-0.2, 0) is 0 Å². The Kier molecular flexibility index (Phi) is 3.00. The highest BCUT2D eigenvalue weighted by molar-refractivity contribution is 7.12. The van der Waals surface area contributed by atoms with Crippen molar-refractivity contribution in [2.75, 3.05) is 6.54 Å². The van der Waals surface area contributed by atoms with E-state index in [0.29, 0.717) is 6.54 Å². The van der Waals surface area contributed by atoms with Crippen molar-refractivity contribution in [3.63, 3.8) is 0 Å². The summed E-state index contributed by atoms with van der Waals surface area (Å²) < 4.78 is 0. The quantitative estimate of drug-likeness (QED) is 0.761. The van der Waals surface area contributed by atoms with Gasteiger partial charge in [0.15, 0.2) is 0 Å². The lowest BCUT2D eigenvalue weighted by Crippen LogP contribution is -1.98. The molecule has 12 heavy (non-hydrogen) atoms. The Morgan fingerprint density at radius 1 is 1.58 bits per heavy atom. The normalized spacial score (nSPS) is 12.2. The topological polar surface area (TPSA) is 38.9 Å². The minimum atomic E-state index is 0.609. The molecule has 1 rings (SSSR count). The van der Waals surface area contributed by atoms with E-state index in [1.165, 1.54) is 10.5 Å². The first-order valence-electron chi connectivity index (χ1n) is 3.94. The minimum Gasteiger partial charge on any atom is -0.327 e. The maximum absolute atomic E-state index is 5.47. The monoisotopic (exact) mass is 182 g/mol. The Morgan fingerprint density at radius 2 is 2.25 bits per heavy atom. The van der Waals surface area contributed by atoms with Crippen LogP contribution in [0.3, 0.4) is 0 Å². The fraction of sp³-hybridized carbons (Fsp3) is 0.444. The van der Waals surface area contributed by atoms with Crippen LogP contribution in [-0.4, -0.2) is 11.5 Å². The lowest BCUT2D eigenvalue weighted by atomic mass is 10.3. The van der Waals surface area contributed by atoms with E-state index in [1.807, 2.05) is 19.9 Å². The molecule has 0 radical (unpaired) electrons. The predicted octanol–water partition coefficient (Wildman–Crippen LogP) is 2.12. The molecule has 0 saturated carbocycles. The van der Waals surface area contributed by atoms with Gasteiger partial charge in [0, 0.05) is 11.4 Å². The molecule has 2 N–H and O–H groups in total. The van der Waals surface area contributed by atoms with E-state index in [0.717, 1.165) is 10.7 Å². The molecule has 66 valence electrons. The molecule has 0 unspecified atom stereocenters. The van der Waals surface area contributed by atoms with Crippen LogP contribution in [0.4, 0.5) is 0 Å². The van der Waals surface area contributed by atoms with Gasteiger partial charge >= 0.3 is 0 Å². The maximum atomic E-state index is 5.47. The third-order valence-corrected chi connectivity index (χ3v) is 2.76. The molecule has 0 spiro atoms. The first-order valence-corrected chi connectivity index (χ1v) is 4.76. The number of rotatable bonds is 2. The Labute approximate surface area is 77.1 Å². The van der Waals surface area contributed by atoms with Crippen molar-refractivity contribution in [1.29, 1.82) is 0 Å². The molecule has 0 amide bonds. The zero-order valence-corrected chi connectivity index (χ0v) is 8.53. The Bertz CT molecular complexity index is 280. The molecule has 0 aliphatic rings. The molecular weight excluding hydrogens is 168 g/mol. The summed E-state index contributed by atoms with van der Waals surface area (Å²) in [6, 6.07) is 0. The zero-order valence-electron chi connectivity index (χ0n) is 7.72. The zero-order chi connectivity index (χ0) is 9.14. The van der Waals surface area contributed by atoms with Crippen molar-refractivity contribution in [3.05, 3.63) is 21.2 Å². The molecule has 0 aliphatic heterocycles. The molecule has 1 aromatic rings. The van der Waals surface area contributed by atoms with Crippen LogP contribution < -0.4 is 5.73 Å². The molecule has 0 fully saturated rings. The molecule has 0 aromatic carbocycles. The average molecular weight is 182 g/mol. The second kappa shape index (κ2) is 3.83. The first-order chi connectivity index (χ1) is 5.63. The summed E-state index contributed by atoms with van der Waals surface area (Å²) in [7, 11) is 0. The standard InChI is InChI=1S/C9H14N2S/c1-6(5-10)4-9-11-7(2)8(3)12-9/h4H,5,10H2,1-3H3. The Balaban J connectivity index is 2.90. The lowest BCUT2D eigenvalue weighted by Gasteiger charge is -1.90. The van der Waals surface area contributed by atoms with Gasteiger partial charge in [-0.15, -0.1) is 11.3 Å². The van der Waals surface area contributed by atoms with Crippen LogP contribution in [0.1, 0.15) is 22.5 Å².